The molecular weight excluding hydrogens is 308 g/mol. The van der Waals surface area contributed by atoms with Gasteiger partial charge in [0.25, 0.3) is 5.56 Å². The van der Waals surface area contributed by atoms with Crippen LogP contribution in [0.3, 0.4) is 0 Å². The first-order chi connectivity index (χ1) is 11.6. The van der Waals surface area contributed by atoms with Crippen LogP contribution in [0.2, 0.25) is 0 Å². The average Bonchev–Trinajstić information content (AvgIpc) is 3.22. The SMILES string of the molecule is CC(=NNC(=O)c1ccco1)c1c(C)[nH]n(-c2ccccc2)c1=O. The summed E-state index contributed by atoms with van der Waals surface area (Å²) in [5.41, 5.74) is 4.36. The Kier molecular flexibility index (Phi) is 4.15. The van der Waals surface area contributed by atoms with Gasteiger partial charge in [-0.15, -0.1) is 0 Å². The Labute approximate surface area is 137 Å². The first-order valence-corrected chi connectivity index (χ1v) is 7.33. The molecule has 7 nitrogen and oxygen atoms in total. The summed E-state index contributed by atoms with van der Waals surface area (Å²) < 4.78 is 6.43. The Morgan fingerprint density at radius 3 is 2.62 bits per heavy atom. The molecule has 0 aliphatic rings. The van der Waals surface area contributed by atoms with E-state index in [0.717, 1.165) is 5.69 Å². The van der Waals surface area contributed by atoms with E-state index in [2.05, 4.69) is 15.6 Å². The summed E-state index contributed by atoms with van der Waals surface area (Å²) in [4.78, 5) is 24.5. The highest BCUT2D eigenvalue weighted by Gasteiger charge is 2.15. The monoisotopic (exact) mass is 324 g/mol. The number of carbonyl (C=O) groups is 1. The van der Waals surface area contributed by atoms with E-state index in [1.807, 2.05) is 30.3 Å². The van der Waals surface area contributed by atoms with Gasteiger partial charge in [-0.05, 0) is 38.1 Å². The zero-order valence-corrected chi connectivity index (χ0v) is 13.2. The van der Waals surface area contributed by atoms with E-state index in [4.69, 9.17) is 4.42 Å². The lowest BCUT2D eigenvalue weighted by atomic mass is 10.2. The normalized spacial score (nSPS) is 11.5. The Morgan fingerprint density at radius 2 is 1.96 bits per heavy atom. The van der Waals surface area contributed by atoms with Crippen molar-refractivity contribution in [1.29, 1.82) is 0 Å². The minimum absolute atomic E-state index is 0.152. The van der Waals surface area contributed by atoms with E-state index in [-0.39, 0.29) is 11.3 Å². The first kappa shape index (κ1) is 15.5. The van der Waals surface area contributed by atoms with Crippen LogP contribution in [0, 0.1) is 6.92 Å². The fourth-order valence-electron chi connectivity index (χ4n) is 2.38. The summed E-state index contributed by atoms with van der Waals surface area (Å²) in [6, 6.07) is 12.4. The van der Waals surface area contributed by atoms with Crippen LogP contribution in [0.1, 0.15) is 28.7 Å². The minimum atomic E-state index is -0.476. The van der Waals surface area contributed by atoms with Gasteiger partial charge < -0.3 is 4.42 Å². The predicted molar refractivity (Wildman–Crippen MR) is 89.5 cm³/mol. The van der Waals surface area contributed by atoms with Crippen LogP contribution in [0.15, 0.2) is 63.0 Å². The standard InChI is InChI=1S/C17H16N4O3/c1-11(18-19-16(22)14-9-6-10-24-14)15-12(2)20-21(17(15)23)13-7-4-3-5-8-13/h3-10,20H,1-2H3,(H,19,22). The van der Waals surface area contributed by atoms with E-state index >= 15 is 0 Å². The summed E-state index contributed by atoms with van der Waals surface area (Å²) in [6.45, 7) is 3.44. The van der Waals surface area contributed by atoms with Gasteiger partial charge in [0.05, 0.1) is 23.2 Å². The zero-order valence-electron chi connectivity index (χ0n) is 13.2. The quantitative estimate of drug-likeness (QED) is 0.569. The van der Waals surface area contributed by atoms with Crippen LogP contribution in [-0.2, 0) is 0 Å². The first-order valence-electron chi connectivity index (χ1n) is 7.33. The molecule has 1 amide bonds. The number of H-pyrrole nitrogens is 1. The molecule has 7 heteroatoms. The second-order valence-corrected chi connectivity index (χ2v) is 5.20. The molecule has 2 heterocycles. The molecule has 0 spiro atoms. The van der Waals surface area contributed by atoms with Crippen LogP contribution in [0.25, 0.3) is 5.69 Å². The van der Waals surface area contributed by atoms with Gasteiger partial charge in [-0.3, -0.25) is 14.7 Å². The number of nitrogens with one attached hydrogen (secondary N) is 2. The number of para-hydroxylation sites is 1. The average molecular weight is 324 g/mol. The molecule has 3 rings (SSSR count). The number of hydrazone groups is 1. The summed E-state index contributed by atoms with van der Waals surface area (Å²) in [6.07, 6.45) is 1.40. The van der Waals surface area contributed by atoms with Crippen LogP contribution in [-0.4, -0.2) is 21.4 Å². The van der Waals surface area contributed by atoms with Crippen molar-refractivity contribution in [3.63, 3.8) is 0 Å². The lowest BCUT2D eigenvalue weighted by molar-refractivity contribution is 0.0927. The van der Waals surface area contributed by atoms with Crippen molar-refractivity contribution in [2.45, 2.75) is 13.8 Å². The second-order valence-electron chi connectivity index (χ2n) is 5.20. The van der Waals surface area contributed by atoms with Gasteiger partial charge in [0, 0.05) is 5.69 Å². The molecule has 1 aromatic carbocycles. The number of hydrogen-bond acceptors (Lipinski definition) is 4. The van der Waals surface area contributed by atoms with Crippen LogP contribution in [0.4, 0.5) is 0 Å². The molecule has 0 saturated carbocycles. The lowest BCUT2D eigenvalue weighted by Crippen LogP contribution is -2.23. The van der Waals surface area contributed by atoms with Gasteiger partial charge in [0.15, 0.2) is 5.76 Å². The third-order valence-electron chi connectivity index (χ3n) is 3.52. The van der Waals surface area contributed by atoms with Crippen molar-refractivity contribution in [3.8, 4) is 5.69 Å². The van der Waals surface area contributed by atoms with Gasteiger partial charge in [-0.2, -0.15) is 5.10 Å². The maximum atomic E-state index is 12.6. The molecule has 0 aliphatic heterocycles. The molecule has 24 heavy (non-hydrogen) atoms. The van der Waals surface area contributed by atoms with Crippen molar-refractivity contribution in [2.75, 3.05) is 0 Å². The molecule has 0 radical (unpaired) electrons. The smallest absolute Gasteiger partial charge is 0.307 e. The highest BCUT2D eigenvalue weighted by Crippen LogP contribution is 2.08. The second kappa shape index (κ2) is 6.41. The van der Waals surface area contributed by atoms with Gasteiger partial charge in [0.1, 0.15) is 0 Å². The third kappa shape index (κ3) is 2.91. The van der Waals surface area contributed by atoms with E-state index in [1.54, 1.807) is 19.9 Å². The van der Waals surface area contributed by atoms with E-state index in [0.29, 0.717) is 17.0 Å². The molecule has 0 atom stereocenters. The molecule has 0 unspecified atom stereocenters. The fraction of sp³-hybridized carbons (Fsp3) is 0.118. The molecular formula is C17H16N4O3. The highest BCUT2D eigenvalue weighted by atomic mass is 16.3. The van der Waals surface area contributed by atoms with Gasteiger partial charge >= 0.3 is 5.91 Å². The maximum absolute atomic E-state index is 12.6. The molecule has 0 aliphatic carbocycles. The van der Waals surface area contributed by atoms with E-state index in [9.17, 15) is 9.59 Å². The van der Waals surface area contributed by atoms with Gasteiger partial charge in [0.2, 0.25) is 0 Å². The Bertz CT molecular complexity index is 934. The Balaban J connectivity index is 1.89. The molecule has 122 valence electrons. The summed E-state index contributed by atoms with van der Waals surface area (Å²) in [7, 11) is 0. The van der Waals surface area contributed by atoms with Gasteiger partial charge in [-0.1, -0.05) is 18.2 Å². The number of aromatic amines is 1. The van der Waals surface area contributed by atoms with E-state index in [1.165, 1.54) is 17.0 Å². The maximum Gasteiger partial charge on any atom is 0.307 e. The number of benzene rings is 1. The molecule has 0 fully saturated rings. The van der Waals surface area contributed by atoms with Crippen LogP contribution < -0.4 is 11.0 Å². The Morgan fingerprint density at radius 1 is 1.21 bits per heavy atom. The predicted octanol–water partition coefficient (Wildman–Crippen LogP) is 2.22. The van der Waals surface area contributed by atoms with Gasteiger partial charge in [-0.25, -0.2) is 10.1 Å². The fourth-order valence-corrected chi connectivity index (χ4v) is 2.38. The number of carbonyl (C=O) groups excluding carboxylic acids is 1. The molecule has 3 aromatic rings. The largest absolute Gasteiger partial charge is 0.459 e. The number of nitrogens with zero attached hydrogens (tertiary/aromatic N) is 2. The van der Waals surface area contributed by atoms with Crippen LogP contribution in [0.5, 0.6) is 0 Å². The number of aryl methyl sites for hydroxylation is 1. The third-order valence-corrected chi connectivity index (χ3v) is 3.52. The molecule has 2 N–H and O–H groups in total. The van der Waals surface area contributed by atoms with Crippen molar-refractivity contribution >= 4 is 11.6 Å². The highest BCUT2D eigenvalue weighted by molar-refractivity contribution is 6.00. The number of hydrogen-bond donors (Lipinski definition) is 2. The van der Waals surface area contributed by atoms with E-state index < -0.39 is 5.91 Å². The number of amides is 1. The number of aromatic nitrogens is 2. The lowest BCUT2D eigenvalue weighted by Gasteiger charge is -2.00. The van der Waals surface area contributed by atoms with Crippen molar-refractivity contribution < 1.29 is 9.21 Å². The topological polar surface area (TPSA) is 92.4 Å². The van der Waals surface area contributed by atoms with Crippen molar-refractivity contribution in [3.05, 3.63) is 76.1 Å². The van der Waals surface area contributed by atoms with Crippen molar-refractivity contribution in [1.82, 2.24) is 15.2 Å². The van der Waals surface area contributed by atoms with Crippen molar-refractivity contribution in [2.24, 2.45) is 5.10 Å². The van der Waals surface area contributed by atoms with Crippen LogP contribution >= 0.6 is 0 Å². The minimum Gasteiger partial charge on any atom is -0.459 e. The molecule has 0 saturated heterocycles. The molecule has 0 bridgehead atoms. The summed E-state index contributed by atoms with van der Waals surface area (Å²) in [5.74, 6) is -0.324. The summed E-state index contributed by atoms with van der Waals surface area (Å²) >= 11 is 0. The Hall–Kier alpha value is -3.35. The number of furan rings is 1. The number of rotatable bonds is 4. The summed E-state index contributed by atoms with van der Waals surface area (Å²) in [5, 5.41) is 7.02. The zero-order chi connectivity index (χ0) is 17.1. The molecule has 2 aromatic heterocycles.